The molecule has 1 unspecified atom stereocenters. The van der Waals surface area contributed by atoms with Crippen LogP contribution in [0.15, 0.2) is 28.7 Å². The Labute approximate surface area is 132 Å². The average molecular weight is 320 g/mol. The predicted molar refractivity (Wildman–Crippen MR) is 76.4 cm³/mol. The summed E-state index contributed by atoms with van der Waals surface area (Å²) >= 11 is 0. The molecule has 0 amide bonds. The zero-order valence-electron chi connectivity index (χ0n) is 12.8. The fourth-order valence-electron chi connectivity index (χ4n) is 2.77. The minimum atomic E-state index is -0.734. The van der Waals surface area contributed by atoms with Crippen molar-refractivity contribution in [3.05, 3.63) is 41.9 Å². The van der Waals surface area contributed by atoms with Crippen LogP contribution in [0.2, 0.25) is 0 Å². The van der Waals surface area contributed by atoms with Crippen molar-refractivity contribution in [2.24, 2.45) is 0 Å². The zero-order valence-corrected chi connectivity index (χ0v) is 12.8. The van der Waals surface area contributed by atoms with E-state index in [1.54, 1.807) is 25.3 Å². The Morgan fingerprint density at radius 1 is 1.09 bits per heavy atom. The lowest BCUT2D eigenvalue weighted by molar-refractivity contribution is -0.0430. The standard InChI is InChI=1S/C16H17FN2O4/c1-20-16(8-9-21-10-16)14-19-18-13(22-14)15(6-7-15)23-12-5-3-2-4-11(12)17/h2-5H,6-10H2,1H3. The average Bonchev–Trinajstić information content (AvgIpc) is 3.01. The second kappa shape index (κ2) is 5.28. The van der Waals surface area contributed by atoms with Crippen LogP contribution in [0.1, 0.15) is 31.0 Å². The number of methoxy groups -OCH3 is 1. The van der Waals surface area contributed by atoms with Gasteiger partial charge in [0.1, 0.15) is 0 Å². The van der Waals surface area contributed by atoms with Gasteiger partial charge in [0.15, 0.2) is 22.8 Å². The third kappa shape index (κ3) is 2.40. The van der Waals surface area contributed by atoms with Crippen LogP contribution in [0.3, 0.4) is 0 Å². The number of benzene rings is 1. The molecule has 0 spiro atoms. The first-order valence-corrected chi connectivity index (χ1v) is 7.58. The molecule has 23 heavy (non-hydrogen) atoms. The van der Waals surface area contributed by atoms with E-state index < -0.39 is 17.0 Å². The molecular formula is C16H17FN2O4. The van der Waals surface area contributed by atoms with Crippen LogP contribution in [-0.4, -0.2) is 30.5 Å². The van der Waals surface area contributed by atoms with Gasteiger partial charge in [-0.2, -0.15) is 0 Å². The van der Waals surface area contributed by atoms with Crippen molar-refractivity contribution in [1.82, 2.24) is 10.2 Å². The van der Waals surface area contributed by atoms with Crippen molar-refractivity contribution < 1.29 is 23.0 Å². The summed E-state index contributed by atoms with van der Waals surface area (Å²) in [6.45, 7) is 0.967. The Hall–Kier alpha value is -1.99. The number of hydrogen-bond acceptors (Lipinski definition) is 6. The first kappa shape index (κ1) is 14.6. The first-order chi connectivity index (χ1) is 11.2. The number of para-hydroxylation sites is 1. The van der Waals surface area contributed by atoms with Crippen LogP contribution in [0.25, 0.3) is 0 Å². The van der Waals surface area contributed by atoms with E-state index in [-0.39, 0.29) is 5.75 Å². The topological polar surface area (TPSA) is 66.6 Å². The molecule has 0 radical (unpaired) electrons. The van der Waals surface area contributed by atoms with Crippen LogP contribution in [0.5, 0.6) is 5.75 Å². The summed E-state index contributed by atoms with van der Waals surface area (Å²) < 4.78 is 36.4. The van der Waals surface area contributed by atoms with Gasteiger partial charge in [0.05, 0.1) is 13.2 Å². The Morgan fingerprint density at radius 2 is 1.83 bits per heavy atom. The maximum atomic E-state index is 13.8. The maximum Gasteiger partial charge on any atom is 0.260 e. The third-order valence-corrected chi connectivity index (χ3v) is 4.43. The molecule has 2 aliphatic rings. The van der Waals surface area contributed by atoms with E-state index >= 15 is 0 Å². The summed E-state index contributed by atoms with van der Waals surface area (Å²) in [6, 6.07) is 6.30. The number of nitrogens with zero attached hydrogens (tertiary/aromatic N) is 2. The Bertz CT molecular complexity index is 708. The molecule has 1 aromatic carbocycles. The minimum absolute atomic E-state index is 0.190. The monoisotopic (exact) mass is 320 g/mol. The molecule has 0 bridgehead atoms. The van der Waals surface area contributed by atoms with Gasteiger partial charge in [-0.05, 0) is 12.1 Å². The van der Waals surface area contributed by atoms with Gasteiger partial charge >= 0.3 is 0 Å². The Kier molecular flexibility index (Phi) is 3.35. The van der Waals surface area contributed by atoms with Crippen molar-refractivity contribution in [3.8, 4) is 5.75 Å². The fraction of sp³-hybridized carbons (Fsp3) is 0.500. The van der Waals surface area contributed by atoms with Gasteiger partial charge in [-0.15, -0.1) is 10.2 Å². The summed E-state index contributed by atoms with van der Waals surface area (Å²) in [5.41, 5.74) is -1.43. The van der Waals surface area contributed by atoms with E-state index in [0.29, 0.717) is 44.3 Å². The van der Waals surface area contributed by atoms with E-state index in [1.807, 2.05) is 0 Å². The number of rotatable bonds is 5. The third-order valence-electron chi connectivity index (χ3n) is 4.43. The molecule has 4 rings (SSSR count). The quantitative estimate of drug-likeness (QED) is 0.843. The summed E-state index contributed by atoms with van der Waals surface area (Å²) in [4.78, 5) is 0. The van der Waals surface area contributed by atoms with Crippen LogP contribution < -0.4 is 4.74 Å². The lowest BCUT2D eigenvalue weighted by Gasteiger charge is -2.21. The van der Waals surface area contributed by atoms with Gasteiger partial charge in [-0.3, -0.25) is 0 Å². The molecule has 6 nitrogen and oxygen atoms in total. The summed E-state index contributed by atoms with van der Waals surface area (Å²) in [5.74, 6) is 0.529. The summed E-state index contributed by atoms with van der Waals surface area (Å²) in [7, 11) is 1.60. The van der Waals surface area contributed by atoms with Gasteiger partial charge in [-0.25, -0.2) is 4.39 Å². The Balaban J connectivity index is 1.60. The predicted octanol–water partition coefficient (Wildman–Crippen LogP) is 2.54. The van der Waals surface area contributed by atoms with Crippen molar-refractivity contribution in [2.45, 2.75) is 30.5 Å². The molecule has 1 aliphatic heterocycles. The highest BCUT2D eigenvalue weighted by Crippen LogP contribution is 2.49. The van der Waals surface area contributed by atoms with Crippen molar-refractivity contribution in [3.63, 3.8) is 0 Å². The van der Waals surface area contributed by atoms with Gasteiger partial charge < -0.3 is 18.6 Å². The second-order valence-corrected chi connectivity index (χ2v) is 5.94. The molecule has 2 fully saturated rings. The van der Waals surface area contributed by atoms with Gasteiger partial charge in [-0.1, -0.05) is 12.1 Å². The number of halogens is 1. The summed E-state index contributed by atoms with van der Waals surface area (Å²) in [5, 5.41) is 8.23. The van der Waals surface area contributed by atoms with Gasteiger partial charge in [0.2, 0.25) is 0 Å². The van der Waals surface area contributed by atoms with Gasteiger partial charge in [0.25, 0.3) is 11.8 Å². The largest absolute Gasteiger partial charge is 0.474 e. The second-order valence-electron chi connectivity index (χ2n) is 5.94. The van der Waals surface area contributed by atoms with Gasteiger partial charge in [0, 0.05) is 26.4 Å². The number of aromatic nitrogens is 2. The molecule has 2 heterocycles. The lowest BCUT2D eigenvalue weighted by atomic mass is 10.0. The van der Waals surface area contributed by atoms with E-state index in [9.17, 15) is 4.39 Å². The first-order valence-electron chi connectivity index (χ1n) is 7.58. The molecule has 7 heteroatoms. The minimum Gasteiger partial charge on any atom is -0.474 e. The van der Waals surface area contributed by atoms with Crippen molar-refractivity contribution in [2.75, 3.05) is 20.3 Å². The molecule has 1 aliphatic carbocycles. The normalized spacial score (nSPS) is 25.5. The van der Waals surface area contributed by atoms with Crippen LogP contribution in [0, 0.1) is 5.82 Å². The van der Waals surface area contributed by atoms with E-state index in [2.05, 4.69) is 10.2 Å². The van der Waals surface area contributed by atoms with Crippen LogP contribution in [-0.2, 0) is 20.7 Å². The van der Waals surface area contributed by atoms with Crippen LogP contribution in [0.4, 0.5) is 4.39 Å². The summed E-state index contributed by atoms with van der Waals surface area (Å²) in [6.07, 6.45) is 2.07. The number of hydrogen-bond donors (Lipinski definition) is 0. The highest BCUT2D eigenvalue weighted by atomic mass is 19.1. The SMILES string of the molecule is COC1(c2nnc(C3(Oc4ccccc4F)CC3)o2)CCOC1. The van der Waals surface area contributed by atoms with E-state index in [0.717, 1.165) is 0 Å². The smallest absolute Gasteiger partial charge is 0.260 e. The fourth-order valence-corrected chi connectivity index (χ4v) is 2.77. The maximum absolute atomic E-state index is 13.8. The lowest BCUT2D eigenvalue weighted by Crippen LogP contribution is -2.29. The molecule has 0 N–H and O–H groups in total. The van der Waals surface area contributed by atoms with Crippen LogP contribution >= 0.6 is 0 Å². The molecular weight excluding hydrogens is 303 g/mol. The molecule has 1 aromatic heterocycles. The number of ether oxygens (including phenoxy) is 3. The molecule has 122 valence electrons. The molecule has 1 saturated carbocycles. The zero-order chi connectivity index (χ0) is 15.9. The molecule has 1 saturated heterocycles. The van der Waals surface area contributed by atoms with E-state index in [1.165, 1.54) is 6.07 Å². The van der Waals surface area contributed by atoms with Crippen molar-refractivity contribution >= 4 is 0 Å². The highest BCUT2D eigenvalue weighted by molar-refractivity contribution is 5.27. The highest BCUT2D eigenvalue weighted by Gasteiger charge is 2.54. The Morgan fingerprint density at radius 3 is 2.43 bits per heavy atom. The van der Waals surface area contributed by atoms with E-state index in [4.69, 9.17) is 18.6 Å². The van der Waals surface area contributed by atoms with Crippen molar-refractivity contribution in [1.29, 1.82) is 0 Å². The molecule has 1 atom stereocenters. The molecule has 2 aromatic rings.